The fourth-order valence-electron chi connectivity index (χ4n) is 0.979. The fourth-order valence-corrected chi connectivity index (χ4v) is 0.979. The maximum atomic E-state index is 10.1. The van der Waals surface area contributed by atoms with E-state index < -0.39 is 11.9 Å². The third-order valence-electron chi connectivity index (χ3n) is 1.77. The first kappa shape index (κ1) is 23.7. The Kier molecular flexibility index (Phi) is 14.4. The molecule has 8 nitrogen and oxygen atoms in total. The van der Waals surface area contributed by atoms with Crippen LogP contribution in [0.3, 0.4) is 0 Å². The molecular weight excluding hydrogens is 332 g/mol. The molecule has 0 aliphatic heterocycles. The number of pyridine rings is 2. The summed E-state index contributed by atoms with van der Waals surface area (Å²) in [6.07, 6.45) is 2.90. The smallest absolute Gasteiger partial charge is 0.354 e. The third-order valence-corrected chi connectivity index (χ3v) is 1.77. The van der Waals surface area contributed by atoms with E-state index in [4.69, 9.17) is 10.2 Å². The molecule has 119 valence electrons. The molecule has 9 heteroatoms. The molecule has 0 unspecified atom stereocenters. The molecule has 0 aliphatic carbocycles. The predicted octanol–water partition coefficient (Wildman–Crippen LogP) is -0.0923. The summed E-state index contributed by atoms with van der Waals surface area (Å²) in [5.74, 6) is -1.98. The summed E-state index contributed by atoms with van der Waals surface area (Å²) >= 11 is 0. The summed E-state index contributed by atoms with van der Waals surface area (Å²) in [6, 6.07) is 9.51. The van der Waals surface area contributed by atoms with Crippen molar-refractivity contribution in [2.24, 2.45) is 0 Å². The molecule has 0 fully saturated rings. The first-order valence-corrected chi connectivity index (χ1v) is 4.90. The van der Waals surface area contributed by atoms with Crippen molar-refractivity contribution in [2.45, 2.75) is 0 Å². The minimum Gasteiger partial charge on any atom is -0.477 e. The number of aromatic carboxylic acids is 2. The first-order valence-electron chi connectivity index (χ1n) is 4.90. The van der Waals surface area contributed by atoms with E-state index in [0.29, 0.717) is 0 Å². The normalized spacial score (nSPS) is 7.62. The van der Waals surface area contributed by atoms with Gasteiger partial charge in [-0.2, -0.15) is 0 Å². The zero-order chi connectivity index (χ0) is 13.4. The molecule has 0 bridgehead atoms. The van der Waals surface area contributed by atoms with Gasteiger partial charge >= 0.3 is 11.9 Å². The van der Waals surface area contributed by atoms with E-state index in [1.165, 1.54) is 24.5 Å². The van der Waals surface area contributed by atoms with E-state index in [0.717, 1.165) is 0 Å². The molecule has 0 saturated carbocycles. The molecule has 0 aliphatic rings. The Bertz CT molecular complexity index is 474. The minimum atomic E-state index is -0.990. The van der Waals surface area contributed by atoms with Gasteiger partial charge in [0.2, 0.25) is 0 Å². The van der Waals surface area contributed by atoms with Gasteiger partial charge in [0.25, 0.3) is 0 Å². The molecule has 6 N–H and O–H groups in total. The van der Waals surface area contributed by atoms with Crippen molar-refractivity contribution >= 4 is 11.9 Å². The van der Waals surface area contributed by atoms with Crippen LogP contribution in [0.1, 0.15) is 21.0 Å². The SMILES string of the molecule is O.O.O=C(O)c1ccccn1.O=C(O)c1ccccn1.[Cu]. The number of aromatic nitrogens is 2. The van der Waals surface area contributed by atoms with Gasteiger partial charge in [0, 0.05) is 29.5 Å². The van der Waals surface area contributed by atoms with Gasteiger partial charge in [-0.25, -0.2) is 19.6 Å². The Labute approximate surface area is 130 Å². The number of carbonyl (C=O) groups is 2. The molecular formula is C12H14CuN2O6. The van der Waals surface area contributed by atoms with Gasteiger partial charge in [0.15, 0.2) is 0 Å². The number of carboxylic acid groups (broad SMARTS) is 2. The largest absolute Gasteiger partial charge is 0.477 e. The van der Waals surface area contributed by atoms with Gasteiger partial charge in [-0.05, 0) is 24.3 Å². The molecule has 0 amide bonds. The van der Waals surface area contributed by atoms with E-state index in [-0.39, 0.29) is 39.4 Å². The molecule has 0 saturated heterocycles. The monoisotopic (exact) mass is 345 g/mol. The molecule has 1 radical (unpaired) electrons. The fraction of sp³-hybridized carbons (Fsp3) is 0. The summed E-state index contributed by atoms with van der Waals surface area (Å²) in [4.78, 5) is 27.4. The maximum absolute atomic E-state index is 10.1. The zero-order valence-electron chi connectivity index (χ0n) is 10.5. The van der Waals surface area contributed by atoms with Gasteiger partial charge in [0.1, 0.15) is 11.4 Å². The molecule has 0 aromatic carbocycles. The summed E-state index contributed by atoms with van der Waals surface area (Å²) in [5.41, 5.74) is 0.162. The van der Waals surface area contributed by atoms with E-state index in [9.17, 15) is 9.59 Å². The van der Waals surface area contributed by atoms with Crippen LogP contribution in [0.5, 0.6) is 0 Å². The first-order chi connectivity index (χ1) is 8.61. The average molecular weight is 346 g/mol. The van der Waals surface area contributed by atoms with Crippen LogP contribution in [0, 0.1) is 0 Å². The average Bonchev–Trinajstić information content (AvgIpc) is 2.41. The quantitative estimate of drug-likeness (QED) is 0.722. The van der Waals surface area contributed by atoms with Crippen molar-refractivity contribution in [2.75, 3.05) is 0 Å². The number of hydrogen-bond acceptors (Lipinski definition) is 4. The van der Waals surface area contributed by atoms with Gasteiger partial charge in [-0.1, -0.05) is 12.1 Å². The number of carboxylic acids is 2. The summed E-state index contributed by atoms with van der Waals surface area (Å²) < 4.78 is 0. The Morgan fingerprint density at radius 3 is 1.24 bits per heavy atom. The molecule has 0 spiro atoms. The summed E-state index contributed by atoms with van der Waals surface area (Å²) in [6.45, 7) is 0. The second-order valence-electron chi connectivity index (χ2n) is 3.04. The van der Waals surface area contributed by atoms with Crippen molar-refractivity contribution in [3.05, 3.63) is 60.2 Å². The van der Waals surface area contributed by atoms with Crippen LogP contribution in [0.25, 0.3) is 0 Å². The van der Waals surface area contributed by atoms with Crippen LogP contribution in [-0.2, 0) is 17.1 Å². The Morgan fingerprint density at radius 2 is 1.10 bits per heavy atom. The van der Waals surface area contributed by atoms with E-state index in [2.05, 4.69) is 9.97 Å². The van der Waals surface area contributed by atoms with E-state index >= 15 is 0 Å². The molecule has 21 heavy (non-hydrogen) atoms. The Hall–Kier alpha value is -2.32. The standard InChI is InChI=1S/2C6H5NO2.Cu.2H2O/c2*8-6(9)5-3-1-2-4-7-5;;;/h2*1-4H,(H,8,9);;2*1H2. The number of hydrogen-bond donors (Lipinski definition) is 2. The minimum absolute atomic E-state index is 0. The van der Waals surface area contributed by atoms with Gasteiger partial charge < -0.3 is 21.2 Å². The van der Waals surface area contributed by atoms with E-state index in [1.54, 1.807) is 24.3 Å². The van der Waals surface area contributed by atoms with E-state index in [1.807, 2.05) is 0 Å². The number of rotatable bonds is 2. The van der Waals surface area contributed by atoms with Crippen LogP contribution in [0.4, 0.5) is 0 Å². The molecule has 2 aromatic rings. The second kappa shape index (κ2) is 12.7. The van der Waals surface area contributed by atoms with Gasteiger partial charge in [-0.3, -0.25) is 0 Å². The third kappa shape index (κ3) is 9.25. The van der Waals surface area contributed by atoms with Crippen LogP contribution in [-0.4, -0.2) is 43.1 Å². The molecule has 0 atom stereocenters. The maximum Gasteiger partial charge on any atom is 0.354 e. The second-order valence-corrected chi connectivity index (χ2v) is 3.04. The van der Waals surface area contributed by atoms with Gasteiger partial charge in [0.05, 0.1) is 0 Å². The number of nitrogens with zero attached hydrogens (tertiary/aromatic N) is 2. The summed E-state index contributed by atoms with van der Waals surface area (Å²) in [5, 5.41) is 16.6. The van der Waals surface area contributed by atoms with Crippen molar-refractivity contribution in [3.8, 4) is 0 Å². The van der Waals surface area contributed by atoms with Crippen molar-refractivity contribution < 1.29 is 47.8 Å². The Balaban J connectivity index is -0.000000270. The predicted molar refractivity (Wildman–Crippen MR) is 69.6 cm³/mol. The van der Waals surface area contributed by atoms with Crippen molar-refractivity contribution in [1.29, 1.82) is 0 Å². The Morgan fingerprint density at radius 1 is 0.762 bits per heavy atom. The van der Waals surface area contributed by atoms with Crippen LogP contribution < -0.4 is 0 Å². The van der Waals surface area contributed by atoms with Crippen LogP contribution in [0.15, 0.2) is 48.8 Å². The topological polar surface area (TPSA) is 163 Å². The van der Waals surface area contributed by atoms with Gasteiger partial charge in [-0.15, -0.1) is 0 Å². The molecule has 2 heterocycles. The molecule has 2 aromatic heterocycles. The van der Waals surface area contributed by atoms with Crippen molar-refractivity contribution in [3.63, 3.8) is 0 Å². The van der Waals surface area contributed by atoms with Crippen molar-refractivity contribution in [1.82, 2.24) is 9.97 Å². The zero-order valence-corrected chi connectivity index (χ0v) is 11.5. The summed E-state index contributed by atoms with van der Waals surface area (Å²) in [7, 11) is 0. The van der Waals surface area contributed by atoms with Crippen LogP contribution in [0.2, 0.25) is 0 Å². The molecule has 2 rings (SSSR count). The van der Waals surface area contributed by atoms with Crippen LogP contribution >= 0.6 is 0 Å².